The van der Waals surface area contributed by atoms with Gasteiger partial charge in [0.1, 0.15) is 22.5 Å². The summed E-state index contributed by atoms with van der Waals surface area (Å²) in [7, 11) is 0. The standard InChI is InChI=1S/C49H35NO2/c1-32-24-29-40(47-41-18-5-8-22-45(41)52-49(32)47)37-15-10-17-39(31-37)50(43-20-11-23-46-48(43)42-19-6-7-21-44(42)51-46)38-16-9-14-36(30-38)35-27-25-34(26-28-35)33-12-3-2-4-13-33/h2-23,25-32H,24H2,1H3. The van der Waals surface area contributed by atoms with Crippen LogP contribution < -0.4 is 4.90 Å². The summed E-state index contributed by atoms with van der Waals surface area (Å²) >= 11 is 0. The Bertz CT molecular complexity index is 2780. The molecule has 3 heteroatoms. The highest BCUT2D eigenvalue weighted by Gasteiger charge is 2.27. The number of fused-ring (bicyclic) bond motifs is 6. The molecule has 0 N–H and O–H groups in total. The first-order valence-corrected chi connectivity index (χ1v) is 18.0. The second kappa shape index (κ2) is 12.3. The van der Waals surface area contributed by atoms with E-state index in [9.17, 15) is 0 Å². The second-order valence-corrected chi connectivity index (χ2v) is 13.7. The Labute approximate surface area is 302 Å². The molecule has 3 nitrogen and oxygen atoms in total. The molecular formula is C49H35NO2. The molecule has 0 aliphatic heterocycles. The minimum absolute atomic E-state index is 0.322. The van der Waals surface area contributed by atoms with Gasteiger partial charge in [0.2, 0.25) is 0 Å². The number of allylic oxidation sites excluding steroid dienone is 1. The molecule has 1 atom stereocenters. The number of furan rings is 2. The van der Waals surface area contributed by atoms with Gasteiger partial charge in [0.15, 0.2) is 0 Å². The van der Waals surface area contributed by atoms with Gasteiger partial charge in [-0.3, -0.25) is 0 Å². The van der Waals surface area contributed by atoms with Crippen LogP contribution in [0.25, 0.3) is 60.7 Å². The number of benzene rings is 7. The van der Waals surface area contributed by atoms with Crippen molar-refractivity contribution in [3.8, 4) is 22.3 Å². The van der Waals surface area contributed by atoms with Gasteiger partial charge >= 0.3 is 0 Å². The molecule has 0 saturated carbocycles. The Morgan fingerprint density at radius 3 is 1.81 bits per heavy atom. The Balaban J connectivity index is 1.14. The number of anilines is 3. The van der Waals surface area contributed by atoms with Crippen molar-refractivity contribution in [3.05, 3.63) is 193 Å². The lowest BCUT2D eigenvalue weighted by molar-refractivity contribution is 0.503. The van der Waals surface area contributed by atoms with Crippen LogP contribution in [0.4, 0.5) is 17.1 Å². The van der Waals surface area contributed by atoms with Crippen molar-refractivity contribution >= 4 is 55.5 Å². The van der Waals surface area contributed by atoms with E-state index < -0.39 is 0 Å². The highest BCUT2D eigenvalue weighted by atomic mass is 16.3. The summed E-state index contributed by atoms with van der Waals surface area (Å²) in [5.74, 6) is 1.39. The molecule has 0 fully saturated rings. The molecule has 10 rings (SSSR count). The first-order chi connectivity index (χ1) is 25.7. The quantitative estimate of drug-likeness (QED) is 0.176. The lowest BCUT2D eigenvalue weighted by atomic mass is 9.85. The van der Waals surface area contributed by atoms with Crippen molar-refractivity contribution in [2.24, 2.45) is 0 Å². The van der Waals surface area contributed by atoms with Gasteiger partial charge in [0.05, 0.1) is 11.1 Å². The number of rotatable bonds is 6. The summed E-state index contributed by atoms with van der Waals surface area (Å²) in [5.41, 5.74) is 14.2. The molecule has 0 amide bonds. The topological polar surface area (TPSA) is 29.5 Å². The van der Waals surface area contributed by atoms with Gasteiger partial charge in [0.25, 0.3) is 0 Å². The smallest absolute Gasteiger partial charge is 0.137 e. The zero-order valence-electron chi connectivity index (χ0n) is 28.8. The van der Waals surface area contributed by atoms with Crippen LogP contribution in [0.1, 0.15) is 36.1 Å². The van der Waals surface area contributed by atoms with Crippen molar-refractivity contribution in [3.63, 3.8) is 0 Å². The summed E-state index contributed by atoms with van der Waals surface area (Å²) in [4.78, 5) is 2.38. The normalized spacial score (nSPS) is 14.1. The van der Waals surface area contributed by atoms with Gasteiger partial charge in [-0.05, 0) is 88.3 Å². The average molecular weight is 670 g/mol. The van der Waals surface area contributed by atoms with Gasteiger partial charge < -0.3 is 13.7 Å². The van der Waals surface area contributed by atoms with Crippen LogP contribution in [-0.4, -0.2) is 0 Å². The molecular weight excluding hydrogens is 635 g/mol. The molecule has 2 aromatic heterocycles. The molecule has 0 saturated heterocycles. The number of nitrogens with zero attached hydrogens (tertiary/aromatic N) is 1. The van der Waals surface area contributed by atoms with E-state index in [1.54, 1.807) is 0 Å². The molecule has 1 aliphatic rings. The largest absolute Gasteiger partial charge is 0.460 e. The van der Waals surface area contributed by atoms with Gasteiger partial charge in [-0.1, -0.05) is 134 Å². The fourth-order valence-electron chi connectivity index (χ4n) is 7.95. The fraction of sp³-hybridized carbons (Fsp3) is 0.0612. The maximum atomic E-state index is 6.48. The molecule has 0 radical (unpaired) electrons. The van der Waals surface area contributed by atoms with Crippen LogP contribution in [0.5, 0.6) is 0 Å². The zero-order chi connectivity index (χ0) is 34.6. The molecule has 248 valence electrons. The summed E-state index contributed by atoms with van der Waals surface area (Å²) in [6.07, 6.45) is 3.32. The van der Waals surface area contributed by atoms with Gasteiger partial charge in [0, 0.05) is 33.6 Å². The maximum absolute atomic E-state index is 6.48. The van der Waals surface area contributed by atoms with Crippen molar-refractivity contribution in [2.45, 2.75) is 19.3 Å². The van der Waals surface area contributed by atoms with E-state index in [4.69, 9.17) is 8.83 Å². The van der Waals surface area contributed by atoms with E-state index in [0.717, 1.165) is 67.7 Å². The van der Waals surface area contributed by atoms with Crippen LogP contribution in [0.3, 0.4) is 0 Å². The van der Waals surface area contributed by atoms with Crippen LogP contribution in [-0.2, 0) is 0 Å². The van der Waals surface area contributed by atoms with Gasteiger partial charge in [-0.15, -0.1) is 0 Å². The minimum Gasteiger partial charge on any atom is -0.460 e. The third-order valence-electron chi connectivity index (χ3n) is 10.5. The monoisotopic (exact) mass is 669 g/mol. The van der Waals surface area contributed by atoms with Crippen LogP contribution in [0.15, 0.2) is 185 Å². The lowest BCUT2D eigenvalue weighted by Gasteiger charge is -2.28. The third kappa shape index (κ3) is 5.05. The van der Waals surface area contributed by atoms with Gasteiger partial charge in [-0.25, -0.2) is 0 Å². The molecule has 0 spiro atoms. The fourth-order valence-corrected chi connectivity index (χ4v) is 7.95. The number of para-hydroxylation sites is 2. The SMILES string of the molecule is CC1CC=C(c2cccc(N(c3cccc(-c4ccc(-c5ccccc5)cc4)c3)c3cccc4oc5ccccc5c34)c2)c2c1oc1ccccc21. The summed E-state index contributed by atoms with van der Waals surface area (Å²) in [5, 5.41) is 3.36. The Hall–Kier alpha value is -6.58. The number of hydrogen-bond acceptors (Lipinski definition) is 3. The maximum Gasteiger partial charge on any atom is 0.137 e. The van der Waals surface area contributed by atoms with Crippen molar-refractivity contribution in [2.75, 3.05) is 4.90 Å². The van der Waals surface area contributed by atoms with Crippen LogP contribution in [0, 0.1) is 0 Å². The Kier molecular flexibility index (Phi) is 7.17. The summed E-state index contributed by atoms with van der Waals surface area (Å²) in [6, 6.07) is 60.3. The molecule has 52 heavy (non-hydrogen) atoms. The highest BCUT2D eigenvalue weighted by Crippen LogP contribution is 2.47. The molecule has 0 bridgehead atoms. The molecule has 9 aromatic rings. The third-order valence-corrected chi connectivity index (χ3v) is 10.5. The first-order valence-electron chi connectivity index (χ1n) is 18.0. The first kappa shape index (κ1) is 30.3. The van der Waals surface area contributed by atoms with E-state index in [-0.39, 0.29) is 0 Å². The van der Waals surface area contributed by atoms with Crippen LogP contribution in [0.2, 0.25) is 0 Å². The van der Waals surface area contributed by atoms with E-state index in [1.807, 2.05) is 12.1 Å². The molecule has 7 aromatic carbocycles. The van der Waals surface area contributed by atoms with Crippen molar-refractivity contribution < 1.29 is 8.83 Å². The summed E-state index contributed by atoms with van der Waals surface area (Å²) in [6.45, 7) is 2.25. The Morgan fingerprint density at radius 2 is 1.04 bits per heavy atom. The summed E-state index contributed by atoms with van der Waals surface area (Å²) < 4.78 is 12.9. The van der Waals surface area contributed by atoms with E-state index in [0.29, 0.717) is 5.92 Å². The lowest BCUT2D eigenvalue weighted by Crippen LogP contribution is -2.11. The Morgan fingerprint density at radius 1 is 0.481 bits per heavy atom. The highest BCUT2D eigenvalue weighted by molar-refractivity contribution is 6.13. The van der Waals surface area contributed by atoms with Gasteiger partial charge in [-0.2, -0.15) is 0 Å². The second-order valence-electron chi connectivity index (χ2n) is 13.7. The van der Waals surface area contributed by atoms with E-state index >= 15 is 0 Å². The van der Waals surface area contributed by atoms with E-state index in [1.165, 1.54) is 33.4 Å². The van der Waals surface area contributed by atoms with Crippen LogP contribution >= 0.6 is 0 Å². The van der Waals surface area contributed by atoms with Crippen molar-refractivity contribution in [1.29, 1.82) is 0 Å². The minimum atomic E-state index is 0.322. The number of hydrogen-bond donors (Lipinski definition) is 0. The van der Waals surface area contributed by atoms with Crippen molar-refractivity contribution in [1.82, 2.24) is 0 Å². The molecule has 1 unspecified atom stereocenters. The zero-order valence-corrected chi connectivity index (χ0v) is 28.8. The predicted molar refractivity (Wildman–Crippen MR) is 216 cm³/mol. The average Bonchev–Trinajstić information content (AvgIpc) is 3.79. The predicted octanol–water partition coefficient (Wildman–Crippen LogP) is 14.1. The molecule has 1 aliphatic carbocycles. The molecule has 2 heterocycles. The van der Waals surface area contributed by atoms with E-state index in [2.05, 4.69) is 176 Å².